The smallest absolute Gasteiger partial charge is 0.318 e. The SMILES string of the molecule is CC(C)(C)c1ccc2c(c1)C1(O)CC(C(=O)Oc3ccc(O)cc3)C2(O)c2ccccc21. The van der Waals surface area contributed by atoms with Crippen molar-refractivity contribution in [1.82, 2.24) is 0 Å². The van der Waals surface area contributed by atoms with Crippen LogP contribution in [-0.4, -0.2) is 21.3 Å². The highest BCUT2D eigenvalue weighted by Crippen LogP contribution is 2.60. The fourth-order valence-corrected chi connectivity index (χ4v) is 5.15. The molecular formula is C27H26O5. The largest absolute Gasteiger partial charge is 0.508 e. The number of hydrogen-bond acceptors (Lipinski definition) is 5. The maximum absolute atomic E-state index is 13.3. The van der Waals surface area contributed by atoms with Crippen LogP contribution in [0, 0.1) is 5.92 Å². The molecule has 3 aromatic carbocycles. The highest BCUT2D eigenvalue weighted by molar-refractivity contribution is 5.81. The molecule has 0 saturated carbocycles. The predicted molar refractivity (Wildman–Crippen MR) is 119 cm³/mol. The number of benzene rings is 3. The van der Waals surface area contributed by atoms with Gasteiger partial charge < -0.3 is 20.1 Å². The molecule has 0 heterocycles. The van der Waals surface area contributed by atoms with Crippen LogP contribution in [0.15, 0.2) is 66.7 Å². The highest BCUT2D eigenvalue weighted by atomic mass is 16.5. The van der Waals surface area contributed by atoms with E-state index in [-0.39, 0.29) is 23.3 Å². The molecule has 5 heteroatoms. The van der Waals surface area contributed by atoms with Crippen molar-refractivity contribution in [2.24, 2.45) is 5.92 Å². The summed E-state index contributed by atoms with van der Waals surface area (Å²) in [7, 11) is 0. The first-order valence-corrected chi connectivity index (χ1v) is 10.8. The highest BCUT2D eigenvalue weighted by Gasteiger charge is 2.62. The van der Waals surface area contributed by atoms with Crippen molar-refractivity contribution in [2.45, 2.75) is 43.8 Å². The molecule has 0 aromatic heterocycles. The maximum Gasteiger partial charge on any atom is 0.318 e. The minimum absolute atomic E-state index is 0.0119. The minimum atomic E-state index is -1.62. The van der Waals surface area contributed by atoms with Gasteiger partial charge in [0.05, 0.1) is 5.92 Å². The monoisotopic (exact) mass is 430 g/mol. The fraction of sp³-hybridized carbons (Fsp3) is 0.296. The molecule has 0 radical (unpaired) electrons. The van der Waals surface area contributed by atoms with Crippen LogP contribution in [0.2, 0.25) is 0 Å². The summed E-state index contributed by atoms with van der Waals surface area (Å²) in [6.07, 6.45) is 0.0119. The lowest BCUT2D eigenvalue weighted by molar-refractivity contribution is -0.157. The summed E-state index contributed by atoms with van der Waals surface area (Å²) in [5.74, 6) is -1.30. The molecule has 3 N–H and O–H groups in total. The number of carbonyl (C=O) groups excluding carboxylic acids is 1. The lowest BCUT2D eigenvalue weighted by Crippen LogP contribution is -2.57. The molecule has 3 atom stereocenters. The zero-order valence-corrected chi connectivity index (χ0v) is 18.3. The summed E-state index contributed by atoms with van der Waals surface area (Å²) in [6.45, 7) is 6.29. The third kappa shape index (κ3) is 2.81. The maximum atomic E-state index is 13.3. The predicted octanol–water partition coefficient (Wildman–Crippen LogP) is 4.10. The van der Waals surface area contributed by atoms with Crippen molar-refractivity contribution in [2.75, 3.05) is 0 Å². The normalized spacial score (nSPS) is 25.7. The number of ether oxygens (including phenoxy) is 1. The van der Waals surface area contributed by atoms with Gasteiger partial charge in [0.1, 0.15) is 22.7 Å². The number of esters is 1. The molecule has 3 aliphatic rings. The van der Waals surface area contributed by atoms with Crippen LogP contribution in [0.5, 0.6) is 11.5 Å². The van der Waals surface area contributed by atoms with E-state index in [9.17, 15) is 20.1 Å². The van der Waals surface area contributed by atoms with Crippen LogP contribution in [-0.2, 0) is 21.4 Å². The molecule has 3 aromatic rings. The van der Waals surface area contributed by atoms with Crippen LogP contribution >= 0.6 is 0 Å². The molecule has 0 saturated heterocycles. The lowest BCUT2D eigenvalue weighted by atomic mass is 9.54. The van der Waals surface area contributed by atoms with Gasteiger partial charge in [0.2, 0.25) is 0 Å². The van der Waals surface area contributed by atoms with Gasteiger partial charge in [-0.1, -0.05) is 63.2 Å². The van der Waals surface area contributed by atoms with E-state index in [1.165, 1.54) is 24.3 Å². The summed E-state index contributed by atoms with van der Waals surface area (Å²) in [5, 5.41) is 33.6. The van der Waals surface area contributed by atoms with Crippen molar-refractivity contribution >= 4 is 5.97 Å². The van der Waals surface area contributed by atoms with Crippen molar-refractivity contribution in [1.29, 1.82) is 0 Å². The molecule has 2 bridgehead atoms. The van der Waals surface area contributed by atoms with Gasteiger partial charge in [-0.3, -0.25) is 4.79 Å². The average molecular weight is 431 g/mol. The Balaban J connectivity index is 1.66. The molecule has 0 amide bonds. The topological polar surface area (TPSA) is 87.0 Å². The van der Waals surface area contributed by atoms with E-state index < -0.39 is 23.1 Å². The van der Waals surface area contributed by atoms with Gasteiger partial charge in [0.15, 0.2) is 0 Å². The Morgan fingerprint density at radius 3 is 2.19 bits per heavy atom. The number of rotatable bonds is 2. The van der Waals surface area contributed by atoms with E-state index in [2.05, 4.69) is 20.8 Å². The molecule has 0 spiro atoms. The van der Waals surface area contributed by atoms with E-state index in [1.54, 1.807) is 12.1 Å². The van der Waals surface area contributed by atoms with E-state index in [1.807, 2.05) is 30.3 Å². The van der Waals surface area contributed by atoms with Crippen LogP contribution in [0.1, 0.15) is 55.0 Å². The zero-order valence-electron chi connectivity index (χ0n) is 18.3. The van der Waals surface area contributed by atoms with Gasteiger partial charge in [-0.2, -0.15) is 0 Å². The molecule has 0 fully saturated rings. The molecule has 32 heavy (non-hydrogen) atoms. The van der Waals surface area contributed by atoms with Crippen molar-refractivity contribution in [3.8, 4) is 11.5 Å². The molecule has 3 unspecified atom stereocenters. The number of carbonyl (C=O) groups is 1. The Morgan fingerprint density at radius 1 is 0.906 bits per heavy atom. The van der Waals surface area contributed by atoms with Crippen LogP contribution < -0.4 is 4.74 Å². The van der Waals surface area contributed by atoms with E-state index >= 15 is 0 Å². The molecular weight excluding hydrogens is 404 g/mol. The van der Waals surface area contributed by atoms with Crippen LogP contribution in [0.25, 0.3) is 0 Å². The average Bonchev–Trinajstić information content (AvgIpc) is 2.76. The summed E-state index contributed by atoms with van der Waals surface area (Å²) in [6, 6.07) is 18.8. The minimum Gasteiger partial charge on any atom is -0.508 e. The fourth-order valence-electron chi connectivity index (χ4n) is 5.15. The second kappa shape index (κ2) is 6.67. The van der Waals surface area contributed by atoms with Crippen LogP contribution in [0.3, 0.4) is 0 Å². The molecule has 0 aliphatic heterocycles. The second-order valence-corrected chi connectivity index (χ2v) is 9.85. The third-order valence-electron chi connectivity index (χ3n) is 6.87. The van der Waals surface area contributed by atoms with Gasteiger partial charge >= 0.3 is 5.97 Å². The Labute approximate surface area is 186 Å². The third-order valence-corrected chi connectivity index (χ3v) is 6.87. The van der Waals surface area contributed by atoms with Gasteiger partial charge in [0, 0.05) is 6.42 Å². The molecule has 3 aliphatic carbocycles. The van der Waals surface area contributed by atoms with Gasteiger partial charge in [-0.05, 0) is 57.5 Å². The number of phenolic OH excluding ortho intramolecular Hbond substituents is 1. The standard InChI is InChI=1S/C27H26O5/c1-25(2,3)16-8-13-21-22(14-16)26(30)15-23(24(29)32-18-11-9-17(28)10-12-18)27(21,31)20-7-5-4-6-19(20)26/h4-14,23,28,30-31H,15H2,1-3H3. The second-order valence-electron chi connectivity index (χ2n) is 9.85. The van der Waals surface area contributed by atoms with Crippen molar-refractivity contribution in [3.05, 3.63) is 94.5 Å². The lowest BCUT2D eigenvalue weighted by Gasteiger charge is -2.54. The van der Waals surface area contributed by atoms with Gasteiger partial charge in [-0.25, -0.2) is 0 Å². The molecule has 6 rings (SSSR count). The van der Waals surface area contributed by atoms with E-state index in [4.69, 9.17) is 4.74 Å². The summed E-state index contributed by atoms with van der Waals surface area (Å²) in [5.41, 5.74) is 0.178. The van der Waals surface area contributed by atoms with E-state index in [0.29, 0.717) is 22.3 Å². The van der Waals surface area contributed by atoms with Crippen LogP contribution in [0.4, 0.5) is 0 Å². The summed E-state index contributed by atoms with van der Waals surface area (Å²) >= 11 is 0. The number of fused-ring (bicyclic) bond motifs is 1. The Hall–Kier alpha value is -3.15. The summed E-state index contributed by atoms with van der Waals surface area (Å²) in [4.78, 5) is 13.3. The Kier molecular flexibility index (Phi) is 4.32. The summed E-state index contributed by atoms with van der Waals surface area (Å²) < 4.78 is 5.56. The first kappa shape index (κ1) is 20.7. The Bertz CT molecular complexity index is 1220. The van der Waals surface area contributed by atoms with Crippen molar-refractivity contribution in [3.63, 3.8) is 0 Å². The molecule has 5 nitrogen and oxygen atoms in total. The van der Waals surface area contributed by atoms with Crippen molar-refractivity contribution < 1.29 is 24.9 Å². The first-order valence-electron chi connectivity index (χ1n) is 10.8. The number of phenols is 1. The van der Waals surface area contributed by atoms with E-state index in [0.717, 1.165) is 5.56 Å². The van der Waals surface area contributed by atoms with Gasteiger partial charge in [-0.15, -0.1) is 0 Å². The number of aromatic hydroxyl groups is 1. The molecule has 164 valence electrons. The van der Waals surface area contributed by atoms with Gasteiger partial charge in [0.25, 0.3) is 0 Å². The first-order chi connectivity index (χ1) is 15.0. The zero-order chi connectivity index (χ0) is 22.9. The Morgan fingerprint density at radius 2 is 1.53 bits per heavy atom. The number of hydrogen-bond donors (Lipinski definition) is 3. The number of aliphatic hydroxyl groups is 2. The quantitative estimate of drug-likeness (QED) is 0.421.